The molecule has 192 valence electrons. The van der Waals surface area contributed by atoms with Crippen molar-refractivity contribution in [3.63, 3.8) is 0 Å². The number of fused-ring (bicyclic) bond motifs is 1. The van der Waals surface area contributed by atoms with E-state index in [1.54, 1.807) is 0 Å². The van der Waals surface area contributed by atoms with Crippen molar-refractivity contribution in [3.05, 3.63) is 88.7 Å². The summed E-state index contributed by atoms with van der Waals surface area (Å²) < 4.78 is 0. The third-order valence-corrected chi connectivity index (χ3v) is 9.02. The van der Waals surface area contributed by atoms with E-state index in [0.29, 0.717) is 24.1 Å². The van der Waals surface area contributed by atoms with E-state index in [9.17, 15) is 4.79 Å². The van der Waals surface area contributed by atoms with Gasteiger partial charge in [0.1, 0.15) is 0 Å². The number of nitrogens with one attached hydrogen (secondary N) is 1. The Balaban J connectivity index is 1.38. The first kappa shape index (κ1) is 24.1. The van der Waals surface area contributed by atoms with Crippen LogP contribution in [0.1, 0.15) is 91.0 Å². The van der Waals surface area contributed by atoms with E-state index < -0.39 is 0 Å². The van der Waals surface area contributed by atoms with Gasteiger partial charge in [0.25, 0.3) is 5.91 Å². The van der Waals surface area contributed by atoms with E-state index in [-0.39, 0.29) is 11.3 Å². The van der Waals surface area contributed by atoms with Gasteiger partial charge in [-0.2, -0.15) is 0 Å². The first-order valence-corrected chi connectivity index (χ1v) is 14.2. The predicted molar refractivity (Wildman–Crippen MR) is 148 cm³/mol. The van der Waals surface area contributed by atoms with Gasteiger partial charge in [-0.05, 0) is 67.6 Å². The molecule has 1 aromatic heterocycles. The van der Waals surface area contributed by atoms with E-state index >= 15 is 0 Å². The third-order valence-electron chi connectivity index (χ3n) is 9.02. The van der Waals surface area contributed by atoms with Gasteiger partial charge in [0.15, 0.2) is 0 Å². The summed E-state index contributed by atoms with van der Waals surface area (Å²) >= 11 is 0. The number of aromatic nitrogens is 2. The smallest absolute Gasteiger partial charge is 0.257 e. The topological polar surface area (TPSA) is 58.1 Å². The van der Waals surface area contributed by atoms with Gasteiger partial charge in [-0.3, -0.25) is 4.79 Å². The van der Waals surface area contributed by atoms with Crippen LogP contribution in [0.5, 0.6) is 0 Å². The van der Waals surface area contributed by atoms with Crippen molar-refractivity contribution >= 4 is 11.9 Å². The van der Waals surface area contributed by atoms with Gasteiger partial charge in [0.2, 0.25) is 5.95 Å². The normalized spacial score (nSPS) is 22.9. The molecule has 3 aromatic rings. The molecule has 0 bridgehead atoms. The van der Waals surface area contributed by atoms with Crippen LogP contribution in [0.3, 0.4) is 0 Å². The number of rotatable bonds is 5. The Morgan fingerprint density at radius 1 is 0.946 bits per heavy atom. The second kappa shape index (κ2) is 10.3. The molecule has 1 aliphatic heterocycles. The first-order chi connectivity index (χ1) is 18.1. The molecular formula is C32H38N4O. The maximum atomic E-state index is 14.1. The second-order valence-electron chi connectivity index (χ2n) is 11.5. The van der Waals surface area contributed by atoms with Crippen LogP contribution in [0.15, 0.2) is 60.8 Å². The average molecular weight is 495 g/mol. The first-order valence-electron chi connectivity index (χ1n) is 14.2. The van der Waals surface area contributed by atoms with Crippen LogP contribution < -0.4 is 5.32 Å². The molecule has 2 aliphatic carbocycles. The van der Waals surface area contributed by atoms with Crippen molar-refractivity contribution in [1.82, 2.24) is 14.9 Å². The standard InChI is InChI=1S/C32H38N4O/c1-23-13-15-27(16-14-23)34-31-33-21-28(30(37)36-20-17-24-9-5-6-10-25(24)22-36)29(35-31)32(18-7-8-19-32)26-11-3-2-4-12-26/h2-6,9-12,21,23,27H,7-8,13-20,22H2,1H3,(H,33,34,35). The van der Waals surface area contributed by atoms with E-state index in [1.165, 1.54) is 29.5 Å². The summed E-state index contributed by atoms with van der Waals surface area (Å²) in [5.41, 5.74) is 5.20. The molecule has 0 radical (unpaired) electrons. The fourth-order valence-corrected chi connectivity index (χ4v) is 6.80. The highest BCUT2D eigenvalue weighted by Gasteiger charge is 2.42. The maximum absolute atomic E-state index is 14.1. The van der Waals surface area contributed by atoms with Gasteiger partial charge < -0.3 is 10.2 Å². The monoisotopic (exact) mass is 494 g/mol. The molecule has 37 heavy (non-hydrogen) atoms. The Kier molecular flexibility index (Phi) is 6.71. The summed E-state index contributed by atoms with van der Waals surface area (Å²) in [6.07, 6.45) is 11.8. The lowest BCUT2D eigenvalue weighted by atomic mass is 9.74. The van der Waals surface area contributed by atoms with Crippen molar-refractivity contribution < 1.29 is 4.79 Å². The van der Waals surface area contributed by atoms with Gasteiger partial charge in [0.05, 0.1) is 11.3 Å². The molecule has 2 heterocycles. The Morgan fingerprint density at radius 2 is 1.65 bits per heavy atom. The van der Waals surface area contributed by atoms with Crippen LogP contribution in [0.4, 0.5) is 5.95 Å². The number of carbonyl (C=O) groups is 1. The molecule has 2 fully saturated rings. The molecule has 0 saturated heterocycles. The maximum Gasteiger partial charge on any atom is 0.257 e. The van der Waals surface area contributed by atoms with Gasteiger partial charge in [-0.15, -0.1) is 0 Å². The fourth-order valence-electron chi connectivity index (χ4n) is 6.80. The SMILES string of the molecule is CC1CCC(Nc2ncc(C(=O)N3CCc4ccccc4C3)c(C3(c4ccccc4)CCCC3)n2)CC1. The van der Waals surface area contributed by atoms with Crippen LogP contribution in [0.2, 0.25) is 0 Å². The minimum absolute atomic E-state index is 0.0600. The minimum atomic E-state index is -0.250. The molecule has 5 heteroatoms. The molecule has 5 nitrogen and oxygen atoms in total. The van der Waals surface area contributed by atoms with Crippen molar-refractivity contribution in [2.45, 2.75) is 82.7 Å². The lowest BCUT2D eigenvalue weighted by molar-refractivity contribution is 0.0731. The van der Waals surface area contributed by atoms with Crippen LogP contribution in [-0.4, -0.2) is 33.4 Å². The van der Waals surface area contributed by atoms with Crippen LogP contribution in [-0.2, 0) is 18.4 Å². The highest BCUT2D eigenvalue weighted by atomic mass is 16.2. The Hall–Kier alpha value is -3.21. The molecule has 0 spiro atoms. The molecule has 1 amide bonds. The van der Waals surface area contributed by atoms with Crippen molar-refractivity contribution in [2.24, 2.45) is 5.92 Å². The largest absolute Gasteiger partial charge is 0.351 e. The zero-order chi connectivity index (χ0) is 25.2. The number of anilines is 1. The summed E-state index contributed by atoms with van der Waals surface area (Å²) in [6.45, 7) is 3.72. The highest BCUT2D eigenvalue weighted by molar-refractivity contribution is 5.96. The van der Waals surface area contributed by atoms with Gasteiger partial charge >= 0.3 is 0 Å². The Bertz CT molecular complexity index is 1240. The molecule has 0 unspecified atom stereocenters. The molecule has 6 rings (SSSR count). The van der Waals surface area contributed by atoms with E-state index in [4.69, 9.17) is 9.97 Å². The lowest BCUT2D eigenvalue weighted by Crippen LogP contribution is -2.38. The summed E-state index contributed by atoms with van der Waals surface area (Å²) in [5.74, 6) is 1.53. The zero-order valence-corrected chi connectivity index (χ0v) is 22.0. The molecule has 2 saturated carbocycles. The van der Waals surface area contributed by atoms with Crippen LogP contribution in [0.25, 0.3) is 0 Å². The van der Waals surface area contributed by atoms with E-state index in [1.807, 2.05) is 11.1 Å². The summed E-state index contributed by atoms with van der Waals surface area (Å²) in [4.78, 5) is 26.1. The summed E-state index contributed by atoms with van der Waals surface area (Å²) in [6, 6.07) is 19.6. The number of benzene rings is 2. The quantitative estimate of drug-likeness (QED) is 0.438. The molecule has 0 atom stereocenters. The number of carbonyl (C=O) groups excluding carboxylic acids is 1. The summed E-state index contributed by atoms with van der Waals surface area (Å²) in [7, 11) is 0. The number of hydrogen-bond donors (Lipinski definition) is 1. The van der Waals surface area contributed by atoms with E-state index in [0.717, 1.165) is 63.1 Å². The lowest BCUT2D eigenvalue weighted by Gasteiger charge is -2.34. The average Bonchev–Trinajstić information content (AvgIpc) is 3.45. The van der Waals surface area contributed by atoms with E-state index in [2.05, 4.69) is 66.8 Å². The minimum Gasteiger partial charge on any atom is -0.351 e. The number of amides is 1. The fraction of sp³-hybridized carbons (Fsp3) is 0.469. The van der Waals surface area contributed by atoms with Gasteiger partial charge in [-0.1, -0.05) is 74.4 Å². The Labute approximate surface area is 220 Å². The van der Waals surface area contributed by atoms with Gasteiger partial charge in [0, 0.05) is 30.7 Å². The summed E-state index contributed by atoms with van der Waals surface area (Å²) in [5, 5.41) is 3.65. The highest BCUT2D eigenvalue weighted by Crippen LogP contribution is 2.47. The predicted octanol–water partition coefficient (Wildman–Crippen LogP) is 6.53. The molecule has 2 aromatic carbocycles. The number of hydrogen-bond acceptors (Lipinski definition) is 4. The number of nitrogens with zero attached hydrogens (tertiary/aromatic N) is 3. The Morgan fingerprint density at radius 3 is 2.41 bits per heavy atom. The van der Waals surface area contributed by atoms with Gasteiger partial charge in [-0.25, -0.2) is 9.97 Å². The second-order valence-corrected chi connectivity index (χ2v) is 11.5. The van der Waals surface area contributed by atoms with Crippen molar-refractivity contribution in [3.8, 4) is 0 Å². The molecule has 1 N–H and O–H groups in total. The zero-order valence-electron chi connectivity index (χ0n) is 22.0. The van der Waals surface area contributed by atoms with Crippen LogP contribution >= 0.6 is 0 Å². The molecule has 3 aliphatic rings. The van der Waals surface area contributed by atoms with Crippen molar-refractivity contribution in [2.75, 3.05) is 11.9 Å². The molecular weight excluding hydrogens is 456 g/mol. The third kappa shape index (κ3) is 4.76. The van der Waals surface area contributed by atoms with Crippen LogP contribution in [0, 0.1) is 5.92 Å². The van der Waals surface area contributed by atoms with Crippen molar-refractivity contribution in [1.29, 1.82) is 0 Å².